The van der Waals surface area contributed by atoms with Crippen molar-refractivity contribution in [3.05, 3.63) is 42.4 Å². The molecule has 1 aromatic heterocycles. The van der Waals surface area contributed by atoms with Crippen LogP contribution >= 0.6 is 0 Å². The largest absolute Gasteiger partial charge is 0.481 e. The summed E-state index contributed by atoms with van der Waals surface area (Å²) in [6.07, 6.45) is 30.5. The molecule has 3 aliphatic rings. The molecule has 4 rings (SSSR count). The Hall–Kier alpha value is -2.86. The summed E-state index contributed by atoms with van der Waals surface area (Å²) in [6.45, 7) is 7.83. The summed E-state index contributed by atoms with van der Waals surface area (Å²) in [5.74, 6) is -3.19. The van der Waals surface area contributed by atoms with Crippen molar-refractivity contribution in [2.24, 2.45) is 5.92 Å². The molecule has 52 heavy (non-hydrogen) atoms. The molecule has 0 aliphatic carbocycles. The van der Waals surface area contributed by atoms with Crippen LogP contribution in [0, 0.1) is 5.92 Å². The summed E-state index contributed by atoms with van der Waals surface area (Å²) in [4.78, 5) is 32.2. The van der Waals surface area contributed by atoms with Crippen molar-refractivity contribution in [1.29, 1.82) is 0 Å². The topological polar surface area (TPSA) is 137 Å². The van der Waals surface area contributed by atoms with E-state index >= 15 is 0 Å². The molecule has 2 bridgehead atoms. The molecule has 294 valence electrons. The summed E-state index contributed by atoms with van der Waals surface area (Å²) in [5.41, 5.74) is 0.137. The molecule has 0 saturated carbocycles. The Labute approximate surface area is 312 Å². The van der Waals surface area contributed by atoms with Gasteiger partial charge in [-0.05, 0) is 24.6 Å². The van der Waals surface area contributed by atoms with Crippen LogP contribution in [-0.2, 0) is 23.8 Å². The number of hydrogen-bond acceptors (Lipinski definition) is 8. The fraction of sp³-hybridized carbons (Fsp3) is 0.756. The second kappa shape index (κ2) is 25.2. The molecular formula is C41H68N3O8+. The predicted molar refractivity (Wildman–Crippen MR) is 202 cm³/mol. The van der Waals surface area contributed by atoms with E-state index in [9.17, 15) is 19.8 Å². The molecule has 11 heteroatoms. The Kier molecular flexibility index (Phi) is 21.1. The lowest BCUT2D eigenvalue weighted by Crippen LogP contribution is -2.74. The lowest BCUT2D eigenvalue weighted by molar-refractivity contribution is -0.945. The third-order valence-corrected chi connectivity index (χ3v) is 10.8. The van der Waals surface area contributed by atoms with Gasteiger partial charge in [0.1, 0.15) is 36.9 Å². The highest BCUT2D eigenvalue weighted by Crippen LogP contribution is 2.54. The number of aliphatic carboxylic acids is 2. The van der Waals surface area contributed by atoms with E-state index in [1.54, 1.807) is 18.5 Å². The third-order valence-electron chi connectivity index (χ3n) is 10.8. The van der Waals surface area contributed by atoms with E-state index in [4.69, 9.17) is 18.9 Å². The second-order valence-electron chi connectivity index (χ2n) is 14.5. The lowest BCUT2D eigenvalue weighted by atomic mass is 9.65. The number of quaternary nitrogens is 1. The minimum absolute atomic E-state index is 0.284. The summed E-state index contributed by atoms with van der Waals surface area (Å²) in [6, 6.07) is 2.02. The number of nitrogens with zero attached hydrogens (tertiary/aromatic N) is 3. The molecule has 4 unspecified atom stereocenters. The Morgan fingerprint density at radius 2 is 1.33 bits per heavy atom. The number of fused-ring (bicyclic) bond motifs is 1. The van der Waals surface area contributed by atoms with E-state index in [1.807, 2.05) is 19.1 Å². The van der Waals surface area contributed by atoms with Crippen LogP contribution in [0.2, 0.25) is 0 Å². The fourth-order valence-corrected chi connectivity index (χ4v) is 7.96. The standard InChI is InChI=1S/C41H67N3O8/c1-3-5-6-7-8-9-10-11-12-13-14-15-16-17-18-19-27-50-33-36(52-40-42-23-21-24-43-40)34-51-30-29-49-28-26-44-25-20-22-35(32-44)41(44,4-2)37(39(47)48)31-38(45)46/h20-24,32,36-37H,3-19,25-31,33-34H2,1-2H3,(H-,45,46,47,48)/p+1. The maximum Gasteiger partial charge on any atom is 0.316 e. The van der Waals surface area contributed by atoms with Gasteiger partial charge in [-0.15, -0.1) is 0 Å². The van der Waals surface area contributed by atoms with Crippen LogP contribution in [0.15, 0.2) is 42.4 Å². The number of carbonyl (C=O) groups is 2. The molecule has 4 atom stereocenters. The molecular weight excluding hydrogens is 662 g/mol. The maximum atomic E-state index is 12.2. The van der Waals surface area contributed by atoms with Gasteiger partial charge < -0.3 is 29.2 Å². The maximum absolute atomic E-state index is 12.2. The van der Waals surface area contributed by atoms with Gasteiger partial charge in [0.05, 0.1) is 45.0 Å². The molecule has 2 N–H and O–H groups in total. The minimum Gasteiger partial charge on any atom is -0.481 e. The molecule has 11 nitrogen and oxygen atoms in total. The van der Waals surface area contributed by atoms with Crippen LogP contribution in [0.5, 0.6) is 6.01 Å². The molecule has 0 spiro atoms. The Morgan fingerprint density at radius 1 is 0.769 bits per heavy atom. The van der Waals surface area contributed by atoms with Gasteiger partial charge in [-0.3, -0.25) is 14.1 Å². The summed E-state index contributed by atoms with van der Waals surface area (Å²) >= 11 is 0. The number of carboxylic acid groups (broad SMARTS) is 2. The number of aromatic nitrogens is 2. The van der Waals surface area contributed by atoms with E-state index in [-0.39, 0.29) is 12.1 Å². The van der Waals surface area contributed by atoms with Crippen LogP contribution in [0.3, 0.4) is 0 Å². The van der Waals surface area contributed by atoms with Crippen molar-refractivity contribution >= 4 is 11.9 Å². The quantitative estimate of drug-likeness (QED) is 0.0528. The van der Waals surface area contributed by atoms with Crippen molar-refractivity contribution < 1.29 is 43.2 Å². The van der Waals surface area contributed by atoms with Crippen LogP contribution in [0.1, 0.15) is 129 Å². The zero-order valence-corrected chi connectivity index (χ0v) is 32.2. The highest BCUT2D eigenvalue weighted by Gasteiger charge is 2.66. The normalized spacial score (nSPS) is 20.2. The van der Waals surface area contributed by atoms with E-state index in [0.29, 0.717) is 63.6 Å². The fourth-order valence-electron chi connectivity index (χ4n) is 7.96. The van der Waals surface area contributed by atoms with Crippen molar-refractivity contribution in [3.8, 4) is 6.01 Å². The van der Waals surface area contributed by atoms with E-state index in [0.717, 1.165) is 12.0 Å². The summed E-state index contributed by atoms with van der Waals surface area (Å²) < 4.78 is 24.2. The number of hydrogen-bond donors (Lipinski definition) is 2. The smallest absolute Gasteiger partial charge is 0.316 e. The average Bonchev–Trinajstić information content (AvgIpc) is 3.14. The first-order valence-corrected chi connectivity index (χ1v) is 20.3. The van der Waals surface area contributed by atoms with Gasteiger partial charge in [0.2, 0.25) is 0 Å². The van der Waals surface area contributed by atoms with Gasteiger partial charge in [-0.1, -0.05) is 110 Å². The molecule has 0 fully saturated rings. The van der Waals surface area contributed by atoms with Crippen LogP contribution in [0.25, 0.3) is 0 Å². The third kappa shape index (κ3) is 14.2. The minimum atomic E-state index is -1.10. The first kappa shape index (κ1) is 43.5. The van der Waals surface area contributed by atoms with Crippen molar-refractivity contribution in [1.82, 2.24) is 9.97 Å². The van der Waals surface area contributed by atoms with E-state index in [2.05, 4.69) is 23.1 Å². The van der Waals surface area contributed by atoms with Gasteiger partial charge in [-0.2, -0.15) is 0 Å². The molecule has 0 saturated heterocycles. The van der Waals surface area contributed by atoms with Gasteiger partial charge in [0, 0.05) is 25.4 Å². The molecule has 4 heterocycles. The predicted octanol–water partition coefficient (Wildman–Crippen LogP) is 8.14. The number of ether oxygens (including phenoxy) is 4. The van der Waals surface area contributed by atoms with Crippen molar-refractivity contribution in [2.45, 2.75) is 141 Å². The Morgan fingerprint density at radius 3 is 1.87 bits per heavy atom. The van der Waals surface area contributed by atoms with E-state index in [1.165, 1.54) is 96.3 Å². The highest BCUT2D eigenvalue weighted by atomic mass is 16.6. The Balaban J connectivity index is 1.26. The van der Waals surface area contributed by atoms with Gasteiger partial charge in [-0.25, -0.2) is 9.97 Å². The van der Waals surface area contributed by atoms with Gasteiger partial charge in [0.25, 0.3) is 0 Å². The van der Waals surface area contributed by atoms with Crippen molar-refractivity contribution in [3.63, 3.8) is 0 Å². The molecule has 0 amide bonds. The zero-order chi connectivity index (χ0) is 37.3. The van der Waals surface area contributed by atoms with Gasteiger partial charge >= 0.3 is 17.9 Å². The first-order valence-electron chi connectivity index (χ1n) is 20.3. The first-order chi connectivity index (χ1) is 25.4. The molecule has 1 aromatic rings. The number of carboxylic acids is 2. The Bertz CT molecular complexity index is 1200. The molecule has 0 aromatic carbocycles. The van der Waals surface area contributed by atoms with Crippen molar-refractivity contribution in [2.75, 3.05) is 52.7 Å². The lowest BCUT2D eigenvalue weighted by Gasteiger charge is -2.61. The zero-order valence-electron chi connectivity index (χ0n) is 32.2. The second-order valence-corrected chi connectivity index (χ2v) is 14.5. The van der Waals surface area contributed by atoms with Crippen LogP contribution in [0.4, 0.5) is 0 Å². The average molecular weight is 731 g/mol. The number of rotatable bonds is 34. The van der Waals surface area contributed by atoms with Gasteiger partial charge in [0.15, 0.2) is 0 Å². The molecule has 3 aliphatic heterocycles. The van der Waals surface area contributed by atoms with Crippen LogP contribution < -0.4 is 4.74 Å². The molecule has 0 radical (unpaired) electrons. The number of unbranched alkanes of at least 4 members (excludes halogenated alkanes) is 15. The summed E-state index contributed by atoms with van der Waals surface area (Å²) in [5, 5.41) is 19.5. The SMILES string of the molecule is CCCCCCCCCCCCCCCCCCOCC(COCCOCC[N+]12C=C(C=CC1)C2(CC)C(CC(=O)O)C(=O)O)Oc1ncccn1. The summed E-state index contributed by atoms with van der Waals surface area (Å²) in [7, 11) is 0. The van der Waals surface area contributed by atoms with E-state index < -0.39 is 29.8 Å². The monoisotopic (exact) mass is 731 g/mol. The highest BCUT2D eigenvalue weighted by molar-refractivity contribution is 5.80. The van der Waals surface area contributed by atoms with Crippen LogP contribution in [-0.4, -0.2) is 101 Å².